The zero-order chi connectivity index (χ0) is 20.3. The predicted octanol–water partition coefficient (Wildman–Crippen LogP) is 3.09. The number of nitrogens with zero attached hydrogens (tertiary/aromatic N) is 3. The van der Waals surface area contributed by atoms with Crippen molar-refractivity contribution in [2.24, 2.45) is 5.92 Å². The van der Waals surface area contributed by atoms with Gasteiger partial charge in [0, 0.05) is 26.7 Å². The number of likely N-dealkylation sites (tertiary alicyclic amines) is 1. The smallest absolute Gasteiger partial charge is 0.227 e. The molecule has 158 valence electrons. The summed E-state index contributed by atoms with van der Waals surface area (Å²) in [7, 11) is -1.71. The molecule has 6 nitrogen and oxygen atoms in total. The number of hydrogen-bond acceptors (Lipinski definition) is 5. The lowest BCUT2D eigenvalue weighted by Gasteiger charge is -2.33. The summed E-state index contributed by atoms with van der Waals surface area (Å²) in [5.41, 5.74) is 2.35. The third-order valence-corrected chi connectivity index (χ3v) is 7.81. The Morgan fingerprint density at radius 3 is 2.69 bits per heavy atom. The standard InChI is InChI=1S/C22H31N3O3S/c1-28-13-12-25-21(14-23-22(25)29(26,27)17-18-9-10-18)16-24-11-5-8-20(15-24)19-6-3-2-4-7-19/h2-4,6-7,14,18,20H,5,8-13,15-17H2,1H3/t20-/m0/s1. The molecule has 0 radical (unpaired) electrons. The quantitative estimate of drug-likeness (QED) is 0.627. The van der Waals surface area contributed by atoms with E-state index in [2.05, 4.69) is 40.2 Å². The molecule has 2 aliphatic rings. The highest BCUT2D eigenvalue weighted by Gasteiger charge is 2.32. The van der Waals surface area contributed by atoms with Crippen LogP contribution in [0.4, 0.5) is 0 Å². The van der Waals surface area contributed by atoms with Crippen molar-refractivity contribution in [2.75, 3.05) is 32.6 Å². The van der Waals surface area contributed by atoms with Gasteiger partial charge in [-0.3, -0.25) is 4.90 Å². The second kappa shape index (κ2) is 8.98. The molecule has 1 saturated carbocycles. The summed E-state index contributed by atoms with van der Waals surface area (Å²) in [5.74, 6) is 1.05. The summed E-state index contributed by atoms with van der Waals surface area (Å²) in [4.78, 5) is 6.79. The highest BCUT2D eigenvalue weighted by molar-refractivity contribution is 7.91. The van der Waals surface area contributed by atoms with Crippen molar-refractivity contribution in [3.05, 3.63) is 47.8 Å². The van der Waals surface area contributed by atoms with Crippen LogP contribution >= 0.6 is 0 Å². The Hall–Kier alpha value is -1.70. The second-order valence-electron chi connectivity index (χ2n) is 8.39. The second-order valence-corrected chi connectivity index (χ2v) is 10.3. The normalized spacial score (nSPS) is 20.8. The minimum atomic E-state index is -3.35. The van der Waals surface area contributed by atoms with Crippen molar-refractivity contribution in [1.82, 2.24) is 14.5 Å². The number of methoxy groups -OCH3 is 1. The number of aromatic nitrogens is 2. The van der Waals surface area contributed by atoms with Crippen molar-refractivity contribution in [3.8, 4) is 0 Å². The van der Waals surface area contributed by atoms with Gasteiger partial charge in [-0.15, -0.1) is 0 Å². The molecule has 0 N–H and O–H groups in total. The summed E-state index contributed by atoms with van der Waals surface area (Å²) in [6.07, 6.45) is 6.13. The zero-order valence-corrected chi connectivity index (χ0v) is 18.0. The Morgan fingerprint density at radius 2 is 1.97 bits per heavy atom. The molecular weight excluding hydrogens is 386 g/mol. The van der Waals surface area contributed by atoms with Crippen LogP contribution in [0.1, 0.15) is 42.9 Å². The maximum absolute atomic E-state index is 12.9. The van der Waals surface area contributed by atoms with Gasteiger partial charge in [-0.1, -0.05) is 30.3 Å². The van der Waals surface area contributed by atoms with Crippen molar-refractivity contribution in [3.63, 3.8) is 0 Å². The van der Waals surface area contributed by atoms with Crippen LogP contribution in [0.25, 0.3) is 0 Å². The zero-order valence-electron chi connectivity index (χ0n) is 17.2. The summed E-state index contributed by atoms with van der Waals surface area (Å²) in [6, 6.07) is 10.7. The Morgan fingerprint density at radius 1 is 1.17 bits per heavy atom. The first-order valence-electron chi connectivity index (χ1n) is 10.6. The molecule has 0 spiro atoms. The van der Waals surface area contributed by atoms with Gasteiger partial charge in [0.25, 0.3) is 0 Å². The van der Waals surface area contributed by atoms with Gasteiger partial charge in [0.15, 0.2) is 0 Å². The molecule has 2 aromatic rings. The maximum Gasteiger partial charge on any atom is 0.227 e. The largest absolute Gasteiger partial charge is 0.383 e. The molecule has 2 heterocycles. The summed E-state index contributed by atoms with van der Waals surface area (Å²) < 4.78 is 32.9. The molecule has 7 heteroatoms. The van der Waals surface area contributed by atoms with Gasteiger partial charge in [-0.05, 0) is 49.6 Å². The van der Waals surface area contributed by atoms with Crippen LogP contribution < -0.4 is 0 Å². The van der Waals surface area contributed by atoms with Gasteiger partial charge < -0.3 is 9.30 Å². The first-order valence-corrected chi connectivity index (χ1v) is 12.3. The molecule has 29 heavy (non-hydrogen) atoms. The van der Waals surface area contributed by atoms with E-state index in [0.717, 1.165) is 44.6 Å². The van der Waals surface area contributed by atoms with E-state index in [0.29, 0.717) is 25.0 Å². The van der Waals surface area contributed by atoms with E-state index in [1.54, 1.807) is 13.3 Å². The van der Waals surface area contributed by atoms with Gasteiger partial charge in [0.1, 0.15) is 0 Å². The molecular formula is C22H31N3O3S. The molecule has 1 aromatic carbocycles. The van der Waals surface area contributed by atoms with Crippen molar-refractivity contribution in [1.29, 1.82) is 0 Å². The van der Waals surface area contributed by atoms with Gasteiger partial charge in [0.05, 0.1) is 24.3 Å². The van der Waals surface area contributed by atoms with Crippen molar-refractivity contribution in [2.45, 2.75) is 49.8 Å². The highest BCUT2D eigenvalue weighted by atomic mass is 32.2. The molecule has 1 atom stereocenters. The van der Waals surface area contributed by atoms with Crippen LogP contribution in [-0.2, 0) is 27.7 Å². The number of piperidine rings is 1. The van der Waals surface area contributed by atoms with Crippen LogP contribution in [0.2, 0.25) is 0 Å². The van der Waals surface area contributed by atoms with Gasteiger partial charge >= 0.3 is 0 Å². The molecule has 1 aromatic heterocycles. The third kappa shape index (κ3) is 5.08. The highest BCUT2D eigenvalue weighted by Crippen LogP contribution is 2.32. The SMILES string of the molecule is COCCn1c(CN2CCC[C@H](c3ccccc3)C2)cnc1S(=O)(=O)CC1CC1. The number of ether oxygens (including phenoxy) is 1. The Bertz CT molecular complexity index is 907. The monoisotopic (exact) mass is 417 g/mol. The lowest BCUT2D eigenvalue weighted by Crippen LogP contribution is -2.34. The fourth-order valence-electron chi connectivity index (χ4n) is 4.28. The number of benzene rings is 1. The molecule has 2 fully saturated rings. The average Bonchev–Trinajstić information content (AvgIpc) is 3.44. The fraction of sp³-hybridized carbons (Fsp3) is 0.591. The first kappa shape index (κ1) is 20.6. The van der Waals surface area contributed by atoms with E-state index in [1.807, 2.05) is 4.57 Å². The van der Waals surface area contributed by atoms with E-state index in [9.17, 15) is 8.42 Å². The summed E-state index contributed by atoms with van der Waals surface area (Å²) in [6.45, 7) is 3.73. The molecule has 1 aliphatic heterocycles. The van der Waals surface area contributed by atoms with Crippen molar-refractivity contribution >= 4 is 9.84 Å². The Labute approximate surface area is 173 Å². The minimum Gasteiger partial charge on any atom is -0.383 e. The number of rotatable bonds is 9. The summed E-state index contributed by atoms with van der Waals surface area (Å²) >= 11 is 0. The Balaban J connectivity index is 1.51. The van der Waals surface area contributed by atoms with E-state index in [4.69, 9.17) is 4.74 Å². The van der Waals surface area contributed by atoms with Crippen LogP contribution in [0.15, 0.2) is 41.7 Å². The average molecular weight is 418 g/mol. The third-order valence-electron chi connectivity index (χ3n) is 6.01. The van der Waals surface area contributed by atoms with E-state index in [1.165, 1.54) is 12.0 Å². The van der Waals surface area contributed by atoms with E-state index in [-0.39, 0.29) is 10.9 Å². The molecule has 0 unspecified atom stereocenters. The number of sulfone groups is 1. The van der Waals surface area contributed by atoms with Crippen LogP contribution in [0.3, 0.4) is 0 Å². The molecule has 0 bridgehead atoms. The van der Waals surface area contributed by atoms with Gasteiger partial charge in [-0.2, -0.15) is 0 Å². The van der Waals surface area contributed by atoms with Gasteiger partial charge in [0.2, 0.25) is 15.0 Å². The molecule has 0 amide bonds. The topological polar surface area (TPSA) is 64.4 Å². The first-order chi connectivity index (χ1) is 14.1. The Kier molecular flexibility index (Phi) is 6.37. The van der Waals surface area contributed by atoms with Crippen LogP contribution in [0.5, 0.6) is 0 Å². The van der Waals surface area contributed by atoms with Crippen LogP contribution in [-0.4, -0.2) is 55.4 Å². The summed E-state index contributed by atoms with van der Waals surface area (Å²) in [5, 5.41) is 0.216. The minimum absolute atomic E-state index is 0.216. The number of imidazole rings is 1. The molecule has 1 saturated heterocycles. The predicted molar refractivity (Wildman–Crippen MR) is 113 cm³/mol. The molecule has 4 rings (SSSR count). The fourth-order valence-corrected chi connectivity index (χ4v) is 6.14. The lowest BCUT2D eigenvalue weighted by molar-refractivity contribution is 0.175. The lowest BCUT2D eigenvalue weighted by atomic mass is 9.90. The molecule has 1 aliphatic carbocycles. The van der Waals surface area contributed by atoms with Gasteiger partial charge in [-0.25, -0.2) is 13.4 Å². The van der Waals surface area contributed by atoms with Crippen LogP contribution in [0, 0.1) is 5.92 Å². The van der Waals surface area contributed by atoms with Crippen molar-refractivity contribution < 1.29 is 13.2 Å². The van der Waals surface area contributed by atoms with E-state index < -0.39 is 9.84 Å². The van der Waals surface area contributed by atoms with E-state index >= 15 is 0 Å². The number of hydrogen-bond donors (Lipinski definition) is 0. The maximum atomic E-state index is 12.9.